The van der Waals surface area contributed by atoms with Gasteiger partial charge >= 0.3 is 0 Å². The first-order valence-corrected chi connectivity index (χ1v) is 8.40. The molecule has 20 heavy (non-hydrogen) atoms. The zero-order chi connectivity index (χ0) is 14.6. The maximum Gasteiger partial charge on any atom is 0.238 e. The molecule has 3 N–H and O–H groups in total. The minimum atomic E-state index is -3.31. The summed E-state index contributed by atoms with van der Waals surface area (Å²) in [5.74, 6) is 0.590. The van der Waals surface area contributed by atoms with Gasteiger partial charge in [-0.1, -0.05) is 6.07 Å². The van der Waals surface area contributed by atoms with Gasteiger partial charge in [0.25, 0.3) is 0 Å². The molecule has 6 nitrogen and oxygen atoms in total. The molecule has 0 unspecified atom stereocenters. The molecule has 7 heteroatoms. The fourth-order valence-corrected chi connectivity index (χ4v) is 2.35. The molecule has 0 saturated heterocycles. The summed E-state index contributed by atoms with van der Waals surface area (Å²) in [6.07, 6.45) is 3.57. The van der Waals surface area contributed by atoms with E-state index >= 15 is 0 Å². The second-order valence-corrected chi connectivity index (χ2v) is 6.83. The van der Waals surface area contributed by atoms with Gasteiger partial charge in [-0.2, -0.15) is 0 Å². The van der Waals surface area contributed by atoms with Crippen molar-refractivity contribution in [3.05, 3.63) is 24.3 Å². The number of anilines is 2. The second-order valence-electron chi connectivity index (χ2n) is 5.08. The number of carbonyl (C=O) groups is 1. The zero-order valence-electron chi connectivity index (χ0n) is 11.3. The molecule has 0 atom stereocenters. The van der Waals surface area contributed by atoms with E-state index in [9.17, 15) is 13.2 Å². The van der Waals surface area contributed by atoms with Crippen LogP contribution in [0.5, 0.6) is 0 Å². The van der Waals surface area contributed by atoms with Gasteiger partial charge in [-0.25, -0.2) is 8.42 Å². The van der Waals surface area contributed by atoms with Gasteiger partial charge in [0.2, 0.25) is 15.9 Å². The maximum absolute atomic E-state index is 11.7. The van der Waals surface area contributed by atoms with E-state index in [4.69, 9.17) is 0 Å². The monoisotopic (exact) mass is 297 g/mol. The van der Waals surface area contributed by atoms with E-state index in [2.05, 4.69) is 15.4 Å². The van der Waals surface area contributed by atoms with Crippen LogP contribution in [0.15, 0.2) is 24.3 Å². The van der Waals surface area contributed by atoms with Gasteiger partial charge in [-0.3, -0.25) is 9.52 Å². The van der Waals surface area contributed by atoms with Crippen molar-refractivity contribution in [3.63, 3.8) is 0 Å². The molecule has 0 aliphatic heterocycles. The minimum Gasteiger partial charge on any atom is -0.325 e. The molecule has 1 aliphatic rings. The number of sulfonamides is 1. The van der Waals surface area contributed by atoms with Gasteiger partial charge in [-0.15, -0.1) is 0 Å². The molecule has 0 spiro atoms. The van der Waals surface area contributed by atoms with Crippen molar-refractivity contribution in [2.75, 3.05) is 29.4 Å². The molecule has 0 aromatic heterocycles. The number of benzene rings is 1. The Hall–Kier alpha value is -1.60. The number of carbonyl (C=O) groups excluding carboxylic acids is 1. The van der Waals surface area contributed by atoms with Crippen molar-refractivity contribution >= 4 is 27.3 Å². The van der Waals surface area contributed by atoms with Crippen molar-refractivity contribution in [1.82, 2.24) is 5.32 Å². The lowest BCUT2D eigenvalue weighted by Gasteiger charge is -2.09. The molecule has 0 heterocycles. The molecule has 2 rings (SSSR count). The Morgan fingerprint density at radius 3 is 2.65 bits per heavy atom. The third kappa shape index (κ3) is 5.58. The van der Waals surface area contributed by atoms with Gasteiger partial charge < -0.3 is 10.6 Å². The normalized spacial score (nSPS) is 14.8. The number of rotatable bonds is 7. The highest BCUT2D eigenvalue weighted by Crippen LogP contribution is 2.27. The van der Waals surface area contributed by atoms with Gasteiger partial charge in [-0.05, 0) is 43.5 Å². The fraction of sp³-hybridized carbons (Fsp3) is 0.462. The van der Waals surface area contributed by atoms with E-state index in [0.717, 1.165) is 18.7 Å². The number of hydrogen-bond acceptors (Lipinski definition) is 4. The second kappa shape index (κ2) is 6.23. The summed E-state index contributed by atoms with van der Waals surface area (Å²) in [6, 6.07) is 6.61. The lowest BCUT2D eigenvalue weighted by Crippen LogP contribution is -2.29. The van der Waals surface area contributed by atoms with Crippen molar-refractivity contribution in [2.24, 2.45) is 5.92 Å². The predicted molar refractivity (Wildman–Crippen MR) is 79.1 cm³/mol. The number of hydrogen-bond donors (Lipinski definition) is 3. The largest absolute Gasteiger partial charge is 0.325 e. The lowest BCUT2D eigenvalue weighted by molar-refractivity contribution is -0.115. The van der Waals surface area contributed by atoms with E-state index in [1.807, 2.05) is 0 Å². The molecule has 1 fully saturated rings. The van der Waals surface area contributed by atoms with Gasteiger partial charge in [0.15, 0.2) is 0 Å². The summed E-state index contributed by atoms with van der Waals surface area (Å²) >= 11 is 0. The highest BCUT2D eigenvalue weighted by molar-refractivity contribution is 7.92. The van der Waals surface area contributed by atoms with Gasteiger partial charge in [0.05, 0.1) is 18.5 Å². The molecular weight excluding hydrogens is 278 g/mol. The van der Waals surface area contributed by atoms with Crippen LogP contribution in [0.4, 0.5) is 11.4 Å². The molecular formula is C13H19N3O3S. The summed E-state index contributed by atoms with van der Waals surface area (Å²) in [5, 5.41) is 5.82. The predicted octanol–water partition coefficient (Wildman–Crippen LogP) is 0.996. The van der Waals surface area contributed by atoms with Crippen LogP contribution in [-0.4, -0.2) is 33.7 Å². The SMILES string of the molecule is CS(=O)(=O)Nc1cccc(NC(=O)CNCC2CC2)c1. The smallest absolute Gasteiger partial charge is 0.238 e. The molecule has 0 radical (unpaired) electrons. The molecule has 110 valence electrons. The van der Waals surface area contributed by atoms with Gasteiger partial charge in [0.1, 0.15) is 0 Å². The Kier molecular flexibility index (Phi) is 4.61. The van der Waals surface area contributed by atoms with E-state index in [1.54, 1.807) is 24.3 Å². The third-order valence-corrected chi connectivity index (χ3v) is 3.47. The highest BCUT2D eigenvalue weighted by atomic mass is 32.2. The first-order chi connectivity index (χ1) is 9.42. The summed E-state index contributed by atoms with van der Waals surface area (Å²) in [6.45, 7) is 1.14. The Bertz CT molecular complexity index is 582. The average molecular weight is 297 g/mol. The van der Waals surface area contributed by atoms with E-state index in [1.165, 1.54) is 12.8 Å². The van der Waals surface area contributed by atoms with Crippen molar-refractivity contribution < 1.29 is 13.2 Å². The first-order valence-electron chi connectivity index (χ1n) is 6.51. The van der Waals surface area contributed by atoms with Crippen LogP contribution < -0.4 is 15.4 Å². The molecule has 1 saturated carbocycles. The van der Waals surface area contributed by atoms with Crippen molar-refractivity contribution in [2.45, 2.75) is 12.8 Å². The molecule has 0 bridgehead atoms. The van der Waals surface area contributed by atoms with E-state index < -0.39 is 10.0 Å². The van der Waals surface area contributed by atoms with Crippen LogP contribution in [0.3, 0.4) is 0 Å². The Morgan fingerprint density at radius 1 is 1.30 bits per heavy atom. The third-order valence-electron chi connectivity index (χ3n) is 2.87. The Balaban J connectivity index is 1.84. The Labute approximate surface area is 119 Å². The molecule has 1 aromatic rings. The van der Waals surface area contributed by atoms with Crippen LogP contribution in [0, 0.1) is 5.92 Å². The van der Waals surface area contributed by atoms with Crippen molar-refractivity contribution in [1.29, 1.82) is 0 Å². The minimum absolute atomic E-state index is 0.137. The number of nitrogens with one attached hydrogen (secondary N) is 3. The summed E-state index contributed by atoms with van der Waals surface area (Å²) in [5.41, 5.74) is 0.994. The molecule has 1 amide bonds. The van der Waals surface area contributed by atoms with Gasteiger partial charge in [0, 0.05) is 5.69 Å². The average Bonchev–Trinajstić information content (AvgIpc) is 3.11. The summed E-state index contributed by atoms with van der Waals surface area (Å²) in [7, 11) is -3.31. The standard InChI is InChI=1S/C13H19N3O3S/c1-20(18,19)16-12-4-2-3-11(7-12)15-13(17)9-14-8-10-5-6-10/h2-4,7,10,14,16H,5-6,8-9H2,1H3,(H,15,17). The summed E-state index contributed by atoms with van der Waals surface area (Å²) in [4.78, 5) is 11.7. The number of amides is 1. The lowest BCUT2D eigenvalue weighted by atomic mass is 10.3. The van der Waals surface area contributed by atoms with E-state index in [0.29, 0.717) is 11.4 Å². The van der Waals surface area contributed by atoms with Crippen LogP contribution in [-0.2, 0) is 14.8 Å². The van der Waals surface area contributed by atoms with Crippen LogP contribution in [0.2, 0.25) is 0 Å². The Morgan fingerprint density at radius 2 is 2.00 bits per heavy atom. The topological polar surface area (TPSA) is 87.3 Å². The highest BCUT2D eigenvalue weighted by Gasteiger charge is 2.20. The van der Waals surface area contributed by atoms with Crippen molar-refractivity contribution in [3.8, 4) is 0 Å². The maximum atomic E-state index is 11.7. The first kappa shape index (κ1) is 14.8. The van der Waals surface area contributed by atoms with Crippen LogP contribution >= 0.6 is 0 Å². The van der Waals surface area contributed by atoms with Crippen LogP contribution in [0.25, 0.3) is 0 Å². The molecule has 1 aromatic carbocycles. The van der Waals surface area contributed by atoms with Crippen LogP contribution in [0.1, 0.15) is 12.8 Å². The quantitative estimate of drug-likeness (QED) is 0.700. The molecule has 1 aliphatic carbocycles. The fourth-order valence-electron chi connectivity index (χ4n) is 1.79. The van der Waals surface area contributed by atoms with E-state index in [-0.39, 0.29) is 12.5 Å². The zero-order valence-corrected chi connectivity index (χ0v) is 12.2. The summed E-state index contributed by atoms with van der Waals surface area (Å²) < 4.78 is 24.6.